The molecule has 0 bridgehead atoms. The molecule has 1 aromatic heterocycles. The Kier molecular flexibility index (Phi) is 5.53. The van der Waals surface area contributed by atoms with Gasteiger partial charge in [-0.2, -0.15) is 8.78 Å². The number of hydrogen-bond acceptors (Lipinski definition) is 5. The van der Waals surface area contributed by atoms with Crippen molar-refractivity contribution in [3.63, 3.8) is 0 Å². The zero-order chi connectivity index (χ0) is 17.0. The summed E-state index contributed by atoms with van der Waals surface area (Å²) in [7, 11) is 1.40. The Morgan fingerprint density at radius 1 is 1.52 bits per heavy atom. The van der Waals surface area contributed by atoms with Crippen molar-refractivity contribution in [3.05, 3.63) is 16.3 Å². The minimum absolute atomic E-state index is 0.0169. The summed E-state index contributed by atoms with van der Waals surface area (Å²) in [6.45, 7) is -2.70. The second kappa shape index (κ2) is 7.22. The van der Waals surface area contributed by atoms with Crippen LogP contribution >= 0.6 is 11.3 Å². The Hall–Kier alpha value is -1.74. The van der Waals surface area contributed by atoms with Crippen LogP contribution in [0.3, 0.4) is 0 Å². The highest BCUT2D eigenvalue weighted by Gasteiger charge is 2.44. The van der Waals surface area contributed by atoms with Gasteiger partial charge in [-0.25, -0.2) is 0 Å². The number of hydrogen-bond donors (Lipinski definition) is 1. The number of carboxylic acid groups (broad SMARTS) is 1. The second-order valence-electron chi connectivity index (χ2n) is 5.34. The van der Waals surface area contributed by atoms with Gasteiger partial charge in [0.05, 0.1) is 6.61 Å². The molecule has 1 aromatic rings. The Morgan fingerprint density at radius 2 is 2.26 bits per heavy atom. The smallest absolute Gasteiger partial charge is 0.387 e. The summed E-state index contributed by atoms with van der Waals surface area (Å²) < 4.78 is 34.1. The van der Waals surface area contributed by atoms with Crippen LogP contribution < -0.4 is 4.74 Å². The third kappa shape index (κ3) is 3.78. The van der Waals surface area contributed by atoms with Crippen molar-refractivity contribution in [3.8, 4) is 5.75 Å². The first kappa shape index (κ1) is 17.6. The van der Waals surface area contributed by atoms with Crippen molar-refractivity contribution in [1.29, 1.82) is 0 Å². The molecule has 9 heteroatoms. The zero-order valence-electron chi connectivity index (χ0n) is 12.5. The highest BCUT2D eigenvalue weighted by atomic mass is 32.1. The molecule has 6 nitrogen and oxygen atoms in total. The fraction of sp³-hybridized carbons (Fsp3) is 0.571. The molecule has 0 radical (unpaired) electrons. The summed E-state index contributed by atoms with van der Waals surface area (Å²) in [4.78, 5) is 25.6. The number of thiophene rings is 1. The van der Waals surface area contributed by atoms with E-state index < -0.39 is 23.9 Å². The van der Waals surface area contributed by atoms with Gasteiger partial charge >= 0.3 is 12.6 Å². The van der Waals surface area contributed by atoms with Crippen molar-refractivity contribution in [1.82, 2.24) is 4.90 Å². The van der Waals surface area contributed by atoms with Gasteiger partial charge in [-0.3, -0.25) is 9.59 Å². The number of rotatable bonds is 6. The molecular formula is C14H17F2NO5S. The third-order valence-corrected chi connectivity index (χ3v) is 4.66. The molecular weight excluding hydrogens is 332 g/mol. The van der Waals surface area contributed by atoms with E-state index in [1.165, 1.54) is 23.5 Å². The summed E-state index contributed by atoms with van der Waals surface area (Å²) in [5.41, 5.74) is -1.18. The average molecular weight is 349 g/mol. The van der Waals surface area contributed by atoms with Crippen LogP contribution in [-0.4, -0.2) is 55.3 Å². The van der Waals surface area contributed by atoms with E-state index >= 15 is 0 Å². The van der Waals surface area contributed by atoms with Gasteiger partial charge in [0.25, 0.3) is 5.91 Å². The van der Waals surface area contributed by atoms with E-state index in [1.54, 1.807) is 0 Å². The number of ether oxygens (including phenoxy) is 2. The molecule has 0 aromatic carbocycles. The number of methoxy groups -OCH3 is 1. The predicted molar refractivity (Wildman–Crippen MR) is 78.0 cm³/mol. The molecule has 1 fully saturated rings. The molecule has 1 saturated heterocycles. The normalized spacial score (nSPS) is 21.5. The first-order valence-corrected chi connectivity index (χ1v) is 7.81. The lowest BCUT2D eigenvalue weighted by atomic mass is 9.80. The summed E-state index contributed by atoms with van der Waals surface area (Å²) in [5, 5.41) is 11.0. The number of halogens is 2. The van der Waals surface area contributed by atoms with Crippen molar-refractivity contribution in [2.75, 3.05) is 26.8 Å². The minimum atomic E-state index is -3.02. The second-order valence-corrected chi connectivity index (χ2v) is 6.26. The van der Waals surface area contributed by atoms with E-state index in [2.05, 4.69) is 4.74 Å². The van der Waals surface area contributed by atoms with E-state index in [1.807, 2.05) is 0 Å². The monoisotopic (exact) mass is 349 g/mol. The Balaban J connectivity index is 2.19. The van der Waals surface area contributed by atoms with E-state index in [0.717, 1.165) is 11.3 Å². The van der Waals surface area contributed by atoms with Gasteiger partial charge in [-0.1, -0.05) is 0 Å². The molecule has 1 amide bonds. The maximum Gasteiger partial charge on any atom is 0.387 e. The van der Waals surface area contributed by atoms with Crippen LogP contribution in [0, 0.1) is 5.41 Å². The molecule has 0 aliphatic carbocycles. The van der Waals surface area contributed by atoms with Crippen LogP contribution in [0.2, 0.25) is 0 Å². The maximum atomic E-state index is 12.6. The number of aliphatic carboxylic acids is 1. The van der Waals surface area contributed by atoms with Crippen molar-refractivity contribution in [2.24, 2.45) is 5.41 Å². The molecule has 1 atom stereocenters. The van der Waals surface area contributed by atoms with E-state index in [-0.39, 0.29) is 23.8 Å². The van der Waals surface area contributed by atoms with Crippen LogP contribution in [-0.2, 0) is 9.53 Å². The number of alkyl halides is 2. The summed E-state index contributed by atoms with van der Waals surface area (Å²) in [5.74, 6) is -1.72. The quantitative estimate of drug-likeness (QED) is 0.853. The van der Waals surface area contributed by atoms with Crippen LogP contribution in [0.1, 0.15) is 22.5 Å². The van der Waals surface area contributed by atoms with Crippen LogP contribution in [0.25, 0.3) is 0 Å². The Bertz CT molecular complexity index is 575. The Morgan fingerprint density at radius 3 is 2.87 bits per heavy atom. The number of likely N-dealkylation sites (tertiary alicyclic amines) is 1. The molecule has 1 aliphatic heterocycles. The third-order valence-electron chi connectivity index (χ3n) is 3.78. The van der Waals surface area contributed by atoms with Crippen LogP contribution in [0.15, 0.2) is 11.4 Å². The largest absolute Gasteiger partial charge is 0.481 e. The van der Waals surface area contributed by atoms with Crippen molar-refractivity contribution < 1.29 is 33.0 Å². The number of piperidine rings is 1. The summed E-state index contributed by atoms with van der Waals surface area (Å²) in [6.07, 6.45) is 0.891. The molecule has 1 aliphatic rings. The number of amides is 1. The number of carbonyl (C=O) groups excluding carboxylic acids is 1. The standard InChI is InChI=1S/C14H17F2NO5S/c1-21-8-14(12(19)20)4-2-5-17(7-14)11(18)10-9(3-6-23-10)22-13(15)16/h3,6,13H,2,4-5,7-8H2,1H3,(H,19,20). The molecule has 0 saturated carbocycles. The Labute approximate surface area is 135 Å². The first-order chi connectivity index (χ1) is 10.9. The number of carbonyl (C=O) groups is 2. The molecule has 2 heterocycles. The summed E-state index contributed by atoms with van der Waals surface area (Å²) >= 11 is 0.987. The van der Waals surface area contributed by atoms with Gasteiger partial charge in [0.15, 0.2) is 0 Å². The molecule has 1 N–H and O–H groups in total. The lowest BCUT2D eigenvalue weighted by Gasteiger charge is -2.39. The fourth-order valence-electron chi connectivity index (χ4n) is 2.72. The molecule has 1 unspecified atom stereocenters. The SMILES string of the molecule is COCC1(C(=O)O)CCCN(C(=O)c2sccc2OC(F)F)C1. The maximum absolute atomic E-state index is 12.6. The lowest BCUT2D eigenvalue weighted by molar-refractivity contribution is -0.155. The first-order valence-electron chi connectivity index (χ1n) is 6.93. The highest BCUT2D eigenvalue weighted by molar-refractivity contribution is 7.12. The zero-order valence-corrected chi connectivity index (χ0v) is 13.3. The van der Waals surface area contributed by atoms with Gasteiger partial charge in [0.2, 0.25) is 0 Å². The van der Waals surface area contributed by atoms with Gasteiger partial charge < -0.3 is 19.5 Å². The van der Waals surface area contributed by atoms with Crippen LogP contribution in [0.4, 0.5) is 8.78 Å². The van der Waals surface area contributed by atoms with Gasteiger partial charge in [-0.05, 0) is 24.3 Å². The average Bonchev–Trinajstić information content (AvgIpc) is 2.94. The minimum Gasteiger partial charge on any atom is -0.481 e. The van der Waals surface area contributed by atoms with Crippen molar-refractivity contribution in [2.45, 2.75) is 19.5 Å². The van der Waals surface area contributed by atoms with Gasteiger partial charge in [0.1, 0.15) is 16.0 Å². The number of nitrogens with zero attached hydrogens (tertiary/aromatic N) is 1. The van der Waals surface area contributed by atoms with Gasteiger partial charge in [-0.15, -0.1) is 11.3 Å². The van der Waals surface area contributed by atoms with E-state index in [9.17, 15) is 23.5 Å². The fourth-order valence-corrected chi connectivity index (χ4v) is 3.51. The molecule has 128 valence electrons. The number of carboxylic acids is 1. The predicted octanol–water partition coefficient (Wildman–Crippen LogP) is 2.30. The molecule has 2 rings (SSSR count). The van der Waals surface area contributed by atoms with E-state index in [0.29, 0.717) is 19.4 Å². The van der Waals surface area contributed by atoms with Crippen molar-refractivity contribution >= 4 is 23.2 Å². The topological polar surface area (TPSA) is 76.1 Å². The molecule has 0 spiro atoms. The van der Waals surface area contributed by atoms with Crippen LogP contribution in [0.5, 0.6) is 5.75 Å². The lowest BCUT2D eigenvalue weighted by Crippen LogP contribution is -2.52. The molecule has 23 heavy (non-hydrogen) atoms. The van der Waals surface area contributed by atoms with Gasteiger partial charge in [0, 0.05) is 20.2 Å². The highest BCUT2D eigenvalue weighted by Crippen LogP contribution is 2.34. The summed E-state index contributed by atoms with van der Waals surface area (Å²) in [6, 6.07) is 1.30. The van der Waals surface area contributed by atoms with E-state index in [4.69, 9.17) is 4.74 Å².